The topological polar surface area (TPSA) is 47.4 Å². The lowest BCUT2D eigenvalue weighted by molar-refractivity contribution is 0.0592. The minimum absolute atomic E-state index is 0.330. The molecule has 2 heterocycles. The number of carbonyl (C=O) groups is 1. The number of carbonyl (C=O) groups excluding carboxylic acids is 1. The molecule has 3 rings (SSSR count). The van der Waals surface area contributed by atoms with Crippen LogP contribution >= 0.6 is 0 Å². The first-order valence-corrected chi connectivity index (χ1v) is 7.66. The van der Waals surface area contributed by atoms with Gasteiger partial charge in [-0.2, -0.15) is 5.10 Å². The Balaban J connectivity index is 1.67. The molecule has 0 amide bonds. The molecule has 0 bridgehead atoms. The van der Waals surface area contributed by atoms with Gasteiger partial charge in [-0.1, -0.05) is 6.42 Å². The molecule has 0 N–H and O–H groups in total. The van der Waals surface area contributed by atoms with E-state index < -0.39 is 0 Å². The molecule has 1 aliphatic carbocycles. The molecule has 2 fully saturated rings. The third-order valence-corrected chi connectivity index (χ3v) is 4.28. The van der Waals surface area contributed by atoms with Gasteiger partial charge in [0.15, 0.2) is 5.69 Å². The SMILES string of the molecule is COC(=O)c1cc(C2CC2)n(CCN2CCCCC2)n1. The van der Waals surface area contributed by atoms with Crippen LogP contribution in [0.4, 0.5) is 0 Å². The number of aromatic nitrogens is 2. The third kappa shape index (κ3) is 3.03. The monoisotopic (exact) mass is 277 g/mol. The summed E-state index contributed by atoms with van der Waals surface area (Å²) in [5, 5.41) is 4.44. The first kappa shape index (κ1) is 13.6. The summed E-state index contributed by atoms with van der Waals surface area (Å²) in [7, 11) is 1.41. The molecule has 5 heteroatoms. The van der Waals surface area contributed by atoms with Crippen molar-refractivity contribution in [3.05, 3.63) is 17.5 Å². The minimum atomic E-state index is -0.330. The lowest BCUT2D eigenvalue weighted by atomic mass is 10.1. The van der Waals surface area contributed by atoms with Gasteiger partial charge in [0, 0.05) is 18.2 Å². The Morgan fingerprint density at radius 1 is 1.30 bits per heavy atom. The molecular weight excluding hydrogens is 254 g/mol. The average molecular weight is 277 g/mol. The van der Waals surface area contributed by atoms with Crippen molar-refractivity contribution in [2.24, 2.45) is 0 Å². The molecule has 1 saturated carbocycles. The average Bonchev–Trinajstić information content (AvgIpc) is 3.25. The van der Waals surface area contributed by atoms with Crippen molar-refractivity contribution in [2.45, 2.75) is 44.6 Å². The number of hydrogen-bond acceptors (Lipinski definition) is 4. The highest BCUT2D eigenvalue weighted by Crippen LogP contribution is 2.40. The number of nitrogens with zero attached hydrogens (tertiary/aromatic N) is 3. The van der Waals surface area contributed by atoms with Crippen molar-refractivity contribution in [1.29, 1.82) is 0 Å². The Bertz CT molecular complexity index is 473. The van der Waals surface area contributed by atoms with Gasteiger partial charge in [-0.25, -0.2) is 4.79 Å². The Kier molecular flexibility index (Phi) is 4.05. The van der Waals surface area contributed by atoms with E-state index in [1.165, 1.54) is 58.0 Å². The fourth-order valence-electron chi connectivity index (χ4n) is 2.94. The van der Waals surface area contributed by atoms with E-state index in [-0.39, 0.29) is 5.97 Å². The second-order valence-corrected chi connectivity index (χ2v) is 5.85. The summed E-state index contributed by atoms with van der Waals surface area (Å²) >= 11 is 0. The van der Waals surface area contributed by atoms with Gasteiger partial charge < -0.3 is 9.64 Å². The molecule has 1 aromatic heterocycles. The highest BCUT2D eigenvalue weighted by molar-refractivity contribution is 5.87. The predicted molar refractivity (Wildman–Crippen MR) is 75.8 cm³/mol. The summed E-state index contributed by atoms with van der Waals surface area (Å²) in [5.41, 5.74) is 1.66. The van der Waals surface area contributed by atoms with Crippen molar-refractivity contribution < 1.29 is 9.53 Å². The standard InChI is InChI=1S/C15H23N3O2/c1-20-15(19)13-11-14(12-5-6-12)18(16-13)10-9-17-7-3-2-4-8-17/h11-12H,2-10H2,1H3. The summed E-state index contributed by atoms with van der Waals surface area (Å²) < 4.78 is 6.80. The third-order valence-electron chi connectivity index (χ3n) is 4.28. The summed E-state index contributed by atoms with van der Waals surface area (Å²) in [6.45, 7) is 4.30. The highest BCUT2D eigenvalue weighted by Gasteiger charge is 2.29. The van der Waals surface area contributed by atoms with Crippen LogP contribution in [0.3, 0.4) is 0 Å². The van der Waals surface area contributed by atoms with E-state index >= 15 is 0 Å². The van der Waals surface area contributed by atoms with Crippen LogP contribution in [0, 0.1) is 0 Å². The molecule has 0 aromatic carbocycles. The molecule has 0 spiro atoms. The predicted octanol–water partition coefficient (Wildman–Crippen LogP) is 2.03. The fraction of sp³-hybridized carbons (Fsp3) is 0.733. The van der Waals surface area contributed by atoms with Gasteiger partial charge >= 0.3 is 5.97 Å². The summed E-state index contributed by atoms with van der Waals surface area (Å²) in [4.78, 5) is 14.1. The lowest BCUT2D eigenvalue weighted by Crippen LogP contribution is -2.33. The van der Waals surface area contributed by atoms with Crippen molar-refractivity contribution in [3.63, 3.8) is 0 Å². The maximum absolute atomic E-state index is 11.6. The molecule has 110 valence electrons. The largest absolute Gasteiger partial charge is 0.464 e. The van der Waals surface area contributed by atoms with Crippen LogP contribution in [0.25, 0.3) is 0 Å². The van der Waals surface area contributed by atoms with Crippen LogP contribution in [0.2, 0.25) is 0 Å². The number of ether oxygens (including phenoxy) is 1. The van der Waals surface area contributed by atoms with E-state index in [0.717, 1.165) is 13.1 Å². The van der Waals surface area contributed by atoms with Crippen LogP contribution in [0.1, 0.15) is 54.2 Å². The maximum Gasteiger partial charge on any atom is 0.358 e. The molecule has 1 aliphatic heterocycles. The van der Waals surface area contributed by atoms with Gasteiger partial charge in [0.05, 0.1) is 13.7 Å². The van der Waals surface area contributed by atoms with Gasteiger partial charge in [-0.3, -0.25) is 4.68 Å². The van der Waals surface area contributed by atoms with E-state index in [9.17, 15) is 4.79 Å². The van der Waals surface area contributed by atoms with E-state index in [0.29, 0.717) is 11.6 Å². The first-order valence-electron chi connectivity index (χ1n) is 7.66. The van der Waals surface area contributed by atoms with E-state index in [1.54, 1.807) is 0 Å². The van der Waals surface area contributed by atoms with E-state index in [1.807, 2.05) is 10.7 Å². The Hall–Kier alpha value is -1.36. The van der Waals surface area contributed by atoms with Crippen LogP contribution < -0.4 is 0 Å². The smallest absolute Gasteiger partial charge is 0.358 e. The normalized spacial score (nSPS) is 20.1. The van der Waals surface area contributed by atoms with Crippen LogP contribution in [0.5, 0.6) is 0 Å². The molecule has 2 aliphatic rings. The maximum atomic E-state index is 11.6. The quantitative estimate of drug-likeness (QED) is 0.773. The van der Waals surface area contributed by atoms with E-state index in [2.05, 4.69) is 10.00 Å². The number of piperidine rings is 1. The van der Waals surface area contributed by atoms with Crippen LogP contribution in [-0.4, -0.2) is 47.4 Å². The zero-order valence-electron chi connectivity index (χ0n) is 12.2. The van der Waals surface area contributed by atoms with Crippen molar-refractivity contribution in [1.82, 2.24) is 14.7 Å². The van der Waals surface area contributed by atoms with Gasteiger partial charge in [0.1, 0.15) is 0 Å². The van der Waals surface area contributed by atoms with Gasteiger partial charge in [0.25, 0.3) is 0 Å². The molecule has 0 radical (unpaired) electrons. The second kappa shape index (κ2) is 5.95. The number of hydrogen-bond donors (Lipinski definition) is 0. The molecule has 20 heavy (non-hydrogen) atoms. The molecule has 1 saturated heterocycles. The minimum Gasteiger partial charge on any atom is -0.464 e. The van der Waals surface area contributed by atoms with Crippen molar-refractivity contribution in [2.75, 3.05) is 26.7 Å². The first-order chi connectivity index (χ1) is 9.78. The number of rotatable bonds is 5. The van der Waals surface area contributed by atoms with Crippen molar-refractivity contribution >= 4 is 5.97 Å². The van der Waals surface area contributed by atoms with Gasteiger partial charge in [-0.05, 0) is 44.8 Å². The summed E-state index contributed by atoms with van der Waals surface area (Å²) in [5.74, 6) is 0.269. The lowest BCUT2D eigenvalue weighted by Gasteiger charge is -2.26. The van der Waals surface area contributed by atoms with Crippen LogP contribution in [0.15, 0.2) is 6.07 Å². The van der Waals surface area contributed by atoms with Crippen molar-refractivity contribution in [3.8, 4) is 0 Å². The second-order valence-electron chi connectivity index (χ2n) is 5.85. The molecule has 1 aromatic rings. The Labute approximate surface area is 119 Å². The van der Waals surface area contributed by atoms with E-state index in [4.69, 9.17) is 4.74 Å². The number of esters is 1. The molecular formula is C15H23N3O2. The zero-order chi connectivity index (χ0) is 13.9. The Morgan fingerprint density at radius 3 is 2.70 bits per heavy atom. The molecule has 0 unspecified atom stereocenters. The molecule has 0 atom stereocenters. The summed E-state index contributed by atoms with van der Waals surface area (Å²) in [6.07, 6.45) is 6.41. The zero-order valence-corrected chi connectivity index (χ0v) is 12.2. The Morgan fingerprint density at radius 2 is 2.05 bits per heavy atom. The van der Waals surface area contributed by atoms with Gasteiger partial charge in [0.2, 0.25) is 0 Å². The fourth-order valence-corrected chi connectivity index (χ4v) is 2.94. The van der Waals surface area contributed by atoms with Gasteiger partial charge in [-0.15, -0.1) is 0 Å². The van der Waals surface area contributed by atoms with Crippen LogP contribution in [-0.2, 0) is 11.3 Å². The number of methoxy groups -OCH3 is 1. The molecule has 5 nitrogen and oxygen atoms in total. The number of likely N-dealkylation sites (tertiary alicyclic amines) is 1. The highest BCUT2D eigenvalue weighted by atomic mass is 16.5. The summed E-state index contributed by atoms with van der Waals surface area (Å²) in [6, 6.07) is 1.92.